The SMILES string of the molecule is COc1ccccc1[C@@H](C)NCC1CCC1. The number of para-hydroxylation sites is 1. The summed E-state index contributed by atoms with van der Waals surface area (Å²) in [7, 11) is 1.73. The molecule has 0 radical (unpaired) electrons. The van der Waals surface area contributed by atoms with Crippen molar-refractivity contribution in [3.8, 4) is 5.75 Å². The van der Waals surface area contributed by atoms with Crippen molar-refractivity contribution in [1.82, 2.24) is 5.32 Å². The summed E-state index contributed by atoms with van der Waals surface area (Å²) in [5.41, 5.74) is 1.25. The third kappa shape index (κ3) is 2.56. The van der Waals surface area contributed by atoms with Crippen molar-refractivity contribution in [3.05, 3.63) is 29.8 Å². The first kappa shape index (κ1) is 11.5. The number of nitrogens with one attached hydrogen (secondary N) is 1. The average Bonchev–Trinajstić information content (AvgIpc) is 2.26. The molecule has 1 saturated carbocycles. The molecule has 1 fully saturated rings. The van der Waals surface area contributed by atoms with Crippen LogP contribution in [0.15, 0.2) is 24.3 Å². The maximum atomic E-state index is 5.37. The van der Waals surface area contributed by atoms with Crippen LogP contribution >= 0.6 is 0 Å². The normalized spacial score (nSPS) is 17.9. The second-order valence-electron chi connectivity index (χ2n) is 4.67. The third-order valence-corrected chi connectivity index (χ3v) is 3.54. The van der Waals surface area contributed by atoms with Gasteiger partial charge in [-0.3, -0.25) is 0 Å². The van der Waals surface area contributed by atoms with Crippen molar-refractivity contribution in [3.63, 3.8) is 0 Å². The molecule has 2 heteroatoms. The standard InChI is InChI=1S/C14H21NO/c1-11(15-10-12-6-5-7-12)13-8-3-4-9-14(13)16-2/h3-4,8-9,11-12,15H,5-7,10H2,1-2H3/t11-/m1/s1. The second-order valence-corrected chi connectivity index (χ2v) is 4.67. The molecule has 1 atom stereocenters. The Morgan fingerprint density at radius 3 is 2.75 bits per heavy atom. The Balaban J connectivity index is 1.93. The molecule has 0 amide bonds. The van der Waals surface area contributed by atoms with E-state index in [9.17, 15) is 0 Å². The summed E-state index contributed by atoms with van der Waals surface area (Å²) in [6.07, 6.45) is 4.20. The fraction of sp³-hybridized carbons (Fsp3) is 0.571. The van der Waals surface area contributed by atoms with Gasteiger partial charge in [-0.2, -0.15) is 0 Å². The lowest BCUT2D eigenvalue weighted by Crippen LogP contribution is -2.29. The molecule has 0 saturated heterocycles. The van der Waals surface area contributed by atoms with E-state index in [1.807, 2.05) is 12.1 Å². The van der Waals surface area contributed by atoms with Gasteiger partial charge in [0.2, 0.25) is 0 Å². The first-order chi connectivity index (χ1) is 7.81. The highest BCUT2D eigenvalue weighted by Crippen LogP contribution is 2.28. The maximum absolute atomic E-state index is 5.37. The lowest BCUT2D eigenvalue weighted by atomic mass is 9.85. The van der Waals surface area contributed by atoms with E-state index in [0.29, 0.717) is 6.04 Å². The van der Waals surface area contributed by atoms with Crippen LogP contribution in [-0.4, -0.2) is 13.7 Å². The Kier molecular flexibility index (Phi) is 3.83. The van der Waals surface area contributed by atoms with Gasteiger partial charge in [0.05, 0.1) is 7.11 Å². The van der Waals surface area contributed by atoms with Crippen molar-refractivity contribution >= 4 is 0 Å². The van der Waals surface area contributed by atoms with Gasteiger partial charge in [-0.15, -0.1) is 0 Å². The van der Waals surface area contributed by atoms with Crippen LogP contribution in [0.5, 0.6) is 5.75 Å². The molecule has 1 N–H and O–H groups in total. The first-order valence-electron chi connectivity index (χ1n) is 6.17. The Bertz CT molecular complexity index is 333. The quantitative estimate of drug-likeness (QED) is 0.821. The third-order valence-electron chi connectivity index (χ3n) is 3.54. The molecule has 0 aliphatic heterocycles. The molecule has 2 rings (SSSR count). The smallest absolute Gasteiger partial charge is 0.123 e. The lowest BCUT2D eigenvalue weighted by molar-refractivity contribution is 0.291. The topological polar surface area (TPSA) is 21.3 Å². The Labute approximate surface area is 98.0 Å². The van der Waals surface area contributed by atoms with E-state index in [0.717, 1.165) is 18.2 Å². The molecule has 1 aliphatic rings. The van der Waals surface area contributed by atoms with Gasteiger partial charge in [0.15, 0.2) is 0 Å². The van der Waals surface area contributed by atoms with Gasteiger partial charge in [-0.05, 0) is 38.3 Å². The molecule has 0 aromatic heterocycles. The van der Waals surface area contributed by atoms with E-state index in [1.54, 1.807) is 7.11 Å². The molecule has 88 valence electrons. The zero-order chi connectivity index (χ0) is 11.4. The van der Waals surface area contributed by atoms with Crippen LogP contribution in [0.3, 0.4) is 0 Å². The average molecular weight is 219 g/mol. The monoisotopic (exact) mass is 219 g/mol. The molecule has 16 heavy (non-hydrogen) atoms. The molecule has 0 bridgehead atoms. The van der Waals surface area contributed by atoms with Gasteiger partial charge in [0, 0.05) is 11.6 Å². The van der Waals surface area contributed by atoms with E-state index in [1.165, 1.54) is 24.8 Å². The molecule has 0 spiro atoms. The summed E-state index contributed by atoms with van der Waals surface area (Å²) in [6, 6.07) is 8.62. The first-order valence-corrected chi connectivity index (χ1v) is 6.17. The minimum Gasteiger partial charge on any atom is -0.496 e. The van der Waals surface area contributed by atoms with Crippen LogP contribution in [0.25, 0.3) is 0 Å². The fourth-order valence-corrected chi connectivity index (χ4v) is 2.17. The maximum Gasteiger partial charge on any atom is 0.123 e. The van der Waals surface area contributed by atoms with E-state index < -0.39 is 0 Å². The highest BCUT2D eigenvalue weighted by Gasteiger charge is 2.18. The summed E-state index contributed by atoms with van der Waals surface area (Å²) in [5.74, 6) is 1.88. The van der Waals surface area contributed by atoms with E-state index in [2.05, 4.69) is 24.4 Å². The van der Waals surface area contributed by atoms with Gasteiger partial charge in [-0.25, -0.2) is 0 Å². The van der Waals surface area contributed by atoms with Crippen LogP contribution in [-0.2, 0) is 0 Å². The Morgan fingerprint density at radius 2 is 2.12 bits per heavy atom. The summed E-state index contributed by atoms with van der Waals surface area (Å²) in [4.78, 5) is 0. The second kappa shape index (κ2) is 5.35. The van der Waals surface area contributed by atoms with Crippen LogP contribution in [0.1, 0.15) is 37.8 Å². The summed E-state index contributed by atoms with van der Waals surface area (Å²) >= 11 is 0. The molecular weight excluding hydrogens is 198 g/mol. The molecular formula is C14H21NO. The van der Waals surface area contributed by atoms with Crippen LogP contribution in [0, 0.1) is 5.92 Å². The minimum atomic E-state index is 0.372. The van der Waals surface area contributed by atoms with E-state index in [4.69, 9.17) is 4.74 Å². The molecule has 1 aliphatic carbocycles. The van der Waals surface area contributed by atoms with Gasteiger partial charge in [0.1, 0.15) is 5.75 Å². The van der Waals surface area contributed by atoms with Crippen LogP contribution in [0.2, 0.25) is 0 Å². The van der Waals surface area contributed by atoms with Crippen molar-refractivity contribution in [1.29, 1.82) is 0 Å². The molecule has 1 aromatic rings. The summed E-state index contributed by atoms with van der Waals surface area (Å²) in [5, 5.41) is 3.60. The van der Waals surface area contributed by atoms with Crippen LogP contribution in [0.4, 0.5) is 0 Å². The molecule has 0 heterocycles. The highest BCUT2D eigenvalue weighted by molar-refractivity contribution is 5.35. The zero-order valence-corrected chi connectivity index (χ0v) is 10.2. The number of rotatable bonds is 5. The van der Waals surface area contributed by atoms with Crippen molar-refractivity contribution in [2.75, 3.05) is 13.7 Å². The van der Waals surface area contributed by atoms with Crippen molar-refractivity contribution in [2.45, 2.75) is 32.2 Å². The molecule has 0 unspecified atom stereocenters. The van der Waals surface area contributed by atoms with Crippen molar-refractivity contribution in [2.24, 2.45) is 5.92 Å². The summed E-state index contributed by atoms with van der Waals surface area (Å²) < 4.78 is 5.37. The zero-order valence-electron chi connectivity index (χ0n) is 10.2. The van der Waals surface area contributed by atoms with Crippen LogP contribution < -0.4 is 10.1 Å². The van der Waals surface area contributed by atoms with E-state index >= 15 is 0 Å². The van der Waals surface area contributed by atoms with Crippen molar-refractivity contribution < 1.29 is 4.74 Å². The predicted molar refractivity (Wildman–Crippen MR) is 66.8 cm³/mol. The van der Waals surface area contributed by atoms with Gasteiger partial charge >= 0.3 is 0 Å². The largest absolute Gasteiger partial charge is 0.496 e. The Morgan fingerprint density at radius 1 is 1.38 bits per heavy atom. The van der Waals surface area contributed by atoms with Gasteiger partial charge in [-0.1, -0.05) is 24.6 Å². The molecule has 2 nitrogen and oxygen atoms in total. The summed E-state index contributed by atoms with van der Waals surface area (Å²) in [6.45, 7) is 3.34. The fourth-order valence-electron chi connectivity index (χ4n) is 2.17. The Hall–Kier alpha value is -1.02. The number of hydrogen-bond acceptors (Lipinski definition) is 2. The number of benzene rings is 1. The molecule has 1 aromatic carbocycles. The predicted octanol–water partition coefficient (Wildman–Crippen LogP) is 3.15. The number of methoxy groups -OCH3 is 1. The highest BCUT2D eigenvalue weighted by atomic mass is 16.5. The number of ether oxygens (including phenoxy) is 1. The minimum absolute atomic E-state index is 0.372. The van der Waals surface area contributed by atoms with Gasteiger partial charge < -0.3 is 10.1 Å². The van der Waals surface area contributed by atoms with E-state index in [-0.39, 0.29) is 0 Å². The lowest BCUT2D eigenvalue weighted by Gasteiger charge is -2.27. The van der Waals surface area contributed by atoms with Gasteiger partial charge in [0.25, 0.3) is 0 Å². The number of hydrogen-bond donors (Lipinski definition) is 1.